The van der Waals surface area contributed by atoms with Crippen LogP contribution in [-0.2, 0) is 16.0 Å². The second-order valence-corrected chi connectivity index (χ2v) is 11.0. The molecule has 0 saturated carbocycles. The molecule has 1 aromatic heterocycles. The lowest BCUT2D eigenvalue weighted by Gasteiger charge is -2.47. The standard InChI is InChI=1S/C28H33ClFN5O3/c1-4-38-27(37)20(15-35-16-28(2,3)17-35)12-22(32-26(36)25-14-31-34-33-25)11-18-5-7-19(8-6-18)23-13-21(29)9-10-24(23)30/h5-10,13-14,20,22H,4,11-12,15-17H2,1-3H3,(H,32,36)(H,31,33,34)/t20-,22+/m0/s1. The van der Waals surface area contributed by atoms with Gasteiger partial charge < -0.3 is 15.0 Å². The minimum atomic E-state index is -0.406. The van der Waals surface area contributed by atoms with Crippen LogP contribution in [0.25, 0.3) is 11.1 Å². The maximum absolute atomic E-state index is 14.3. The van der Waals surface area contributed by atoms with Crippen LogP contribution in [0.4, 0.5) is 4.39 Å². The number of hydrogen-bond donors (Lipinski definition) is 2. The topological polar surface area (TPSA) is 100 Å². The number of aromatic amines is 1. The average Bonchev–Trinajstić information content (AvgIpc) is 3.40. The number of amides is 1. The fourth-order valence-corrected chi connectivity index (χ4v) is 5.21. The number of esters is 1. The van der Waals surface area contributed by atoms with Crippen LogP contribution in [0, 0.1) is 17.2 Å². The largest absolute Gasteiger partial charge is 0.466 e. The van der Waals surface area contributed by atoms with Gasteiger partial charge in [-0.15, -0.1) is 5.10 Å². The Balaban J connectivity index is 1.53. The monoisotopic (exact) mass is 541 g/mol. The van der Waals surface area contributed by atoms with Crippen molar-refractivity contribution in [2.75, 3.05) is 26.2 Å². The smallest absolute Gasteiger partial charge is 0.310 e. The van der Waals surface area contributed by atoms with Gasteiger partial charge in [0.15, 0.2) is 0 Å². The fourth-order valence-electron chi connectivity index (χ4n) is 5.04. The Morgan fingerprint density at radius 3 is 2.58 bits per heavy atom. The van der Waals surface area contributed by atoms with Crippen molar-refractivity contribution in [1.29, 1.82) is 0 Å². The summed E-state index contributed by atoms with van der Waals surface area (Å²) in [5, 5.41) is 13.4. The van der Waals surface area contributed by atoms with Gasteiger partial charge in [0, 0.05) is 36.3 Å². The molecule has 0 aliphatic carbocycles. The zero-order chi connectivity index (χ0) is 27.3. The molecule has 3 aromatic rings. The van der Waals surface area contributed by atoms with E-state index in [1.807, 2.05) is 24.3 Å². The van der Waals surface area contributed by atoms with Gasteiger partial charge in [-0.05, 0) is 54.5 Å². The molecule has 0 spiro atoms. The molecule has 2 aromatic carbocycles. The number of likely N-dealkylation sites (tertiary alicyclic amines) is 1. The normalized spacial score (nSPS) is 16.3. The Morgan fingerprint density at radius 2 is 1.95 bits per heavy atom. The molecule has 202 valence electrons. The van der Waals surface area contributed by atoms with Crippen LogP contribution < -0.4 is 5.32 Å². The van der Waals surface area contributed by atoms with Crippen LogP contribution in [0.5, 0.6) is 0 Å². The van der Waals surface area contributed by atoms with Gasteiger partial charge in [0.05, 0.1) is 18.7 Å². The minimum Gasteiger partial charge on any atom is -0.466 e. The third kappa shape index (κ3) is 7.17. The third-order valence-electron chi connectivity index (χ3n) is 6.64. The summed E-state index contributed by atoms with van der Waals surface area (Å²) in [4.78, 5) is 28.0. The number of nitrogens with zero attached hydrogens (tertiary/aromatic N) is 3. The lowest BCUT2D eigenvalue weighted by atomic mass is 9.83. The third-order valence-corrected chi connectivity index (χ3v) is 6.88. The first-order valence-electron chi connectivity index (χ1n) is 12.7. The summed E-state index contributed by atoms with van der Waals surface area (Å²) in [6, 6.07) is 11.5. The SMILES string of the molecule is CCOC(=O)[C@@H](C[C@@H](Cc1ccc(-c2cc(Cl)ccc2F)cc1)NC(=O)c1cnn[nH]1)CN1CC(C)(C)C1. The Kier molecular flexibility index (Phi) is 8.79. The van der Waals surface area contributed by atoms with E-state index in [2.05, 4.69) is 39.5 Å². The highest BCUT2D eigenvalue weighted by molar-refractivity contribution is 6.30. The van der Waals surface area contributed by atoms with Gasteiger partial charge in [-0.2, -0.15) is 0 Å². The average molecular weight is 542 g/mol. The number of nitrogens with one attached hydrogen (secondary N) is 2. The van der Waals surface area contributed by atoms with E-state index < -0.39 is 5.92 Å². The summed E-state index contributed by atoms with van der Waals surface area (Å²) in [7, 11) is 0. The summed E-state index contributed by atoms with van der Waals surface area (Å²) in [5.74, 6) is -1.39. The van der Waals surface area contributed by atoms with Gasteiger partial charge in [0.1, 0.15) is 11.5 Å². The molecule has 1 aliphatic heterocycles. The number of H-pyrrole nitrogens is 1. The van der Waals surface area contributed by atoms with E-state index in [0.29, 0.717) is 42.1 Å². The number of ether oxygens (including phenoxy) is 1. The second kappa shape index (κ2) is 12.0. The molecule has 2 N–H and O–H groups in total. The van der Waals surface area contributed by atoms with Crippen molar-refractivity contribution < 1.29 is 18.7 Å². The number of hydrogen-bond acceptors (Lipinski definition) is 6. The highest BCUT2D eigenvalue weighted by Gasteiger charge is 2.37. The van der Waals surface area contributed by atoms with E-state index in [0.717, 1.165) is 18.7 Å². The Bertz CT molecular complexity index is 1240. The first kappa shape index (κ1) is 27.7. The Hall–Kier alpha value is -3.30. The van der Waals surface area contributed by atoms with E-state index >= 15 is 0 Å². The zero-order valence-electron chi connectivity index (χ0n) is 21.8. The molecule has 0 unspecified atom stereocenters. The summed E-state index contributed by atoms with van der Waals surface area (Å²) in [6.07, 6.45) is 2.21. The number of benzene rings is 2. The van der Waals surface area contributed by atoms with E-state index in [1.54, 1.807) is 13.0 Å². The van der Waals surface area contributed by atoms with Crippen molar-refractivity contribution in [2.45, 2.75) is 39.7 Å². The first-order valence-corrected chi connectivity index (χ1v) is 13.1. The van der Waals surface area contributed by atoms with Crippen molar-refractivity contribution in [2.24, 2.45) is 11.3 Å². The maximum atomic E-state index is 14.3. The molecule has 8 nitrogen and oxygen atoms in total. The molecule has 1 fully saturated rings. The highest BCUT2D eigenvalue weighted by atomic mass is 35.5. The van der Waals surface area contributed by atoms with Crippen LogP contribution in [0.15, 0.2) is 48.7 Å². The van der Waals surface area contributed by atoms with Crippen LogP contribution in [0.1, 0.15) is 43.2 Å². The van der Waals surface area contributed by atoms with Crippen LogP contribution in [-0.4, -0.2) is 64.5 Å². The summed E-state index contributed by atoms with van der Waals surface area (Å²) in [6.45, 7) is 8.85. The van der Waals surface area contributed by atoms with Gasteiger partial charge >= 0.3 is 5.97 Å². The van der Waals surface area contributed by atoms with Gasteiger partial charge in [-0.1, -0.05) is 54.9 Å². The molecular weight excluding hydrogens is 509 g/mol. The van der Waals surface area contributed by atoms with Crippen molar-refractivity contribution in [3.63, 3.8) is 0 Å². The van der Waals surface area contributed by atoms with Crippen LogP contribution >= 0.6 is 11.6 Å². The molecule has 4 rings (SSSR count). The number of rotatable bonds is 11. The number of carbonyl (C=O) groups is 2. The predicted molar refractivity (Wildman–Crippen MR) is 143 cm³/mol. The lowest BCUT2D eigenvalue weighted by Crippen LogP contribution is -2.55. The van der Waals surface area contributed by atoms with E-state index in [-0.39, 0.29) is 34.8 Å². The molecule has 0 radical (unpaired) electrons. The van der Waals surface area contributed by atoms with Crippen molar-refractivity contribution >= 4 is 23.5 Å². The quantitative estimate of drug-likeness (QED) is 0.346. The zero-order valence-corrected chi connectivity index (χ0v) is 22.6. The van der Waals surface area contributed by atoms with Gasteiger partial charge in [0.25, 0.3) is 5.91 Å². The predicted octanol–water partition coefficient (Wildman–Crippen LogP) is 4.52. The van der Waals surface area contributed by atoms with Crippen molar-refractivity contribution in [3.8, 4) is 11.1 Å². The van der Waals surface area contributed by atoms with Crippen molar-refractivity contribution in [3.05, 3.63) is 70.8 Å². The first-order chi connectivity index (χ1) is 18.1. The van der Waals surface area contributed by atoms with Gasteiger partial charge in [-0.25, -0.2) is 4.39 Å². The number of halogens is 2. The minimum absolute atomic E-state index is 0.227. The Labute approximate surface area is 226 Å². The van der Waals surface area contributed by atoms with E-state index in [9.17, 15) is 14.0 Å². The molecule has 1 saturated heterocycles. The fraction of sp³-hybridized carbons (Fsp3) is 0.429. The summed E-state index contributed by atoms with van der Waals surface area (Å²) < 4.78 is 19.7. The molecular formula is C28H33ClFN5O3. The summed E-state index contributed by atoms with van der Waals surface area (Å²) in [5.41, 5.74) is 2.50. The van der Waals surface area contributed by atoms with E-state index in [1.165, 1.54) is 18.3 Å². The molecule has 2 atom stereocenters. The lowest BCUT2D eigenvalue weighted by molar-refractivity contribution is -0.150. The molecule has 0 bridgehead atoms. The second-order valence-electron chi connectivity index (χ2n) is 10.6. The van der Waals surface area contributed by atoms with Crippen LogP contribution in [0.3, 0.4) is 0 Å². The number of aromatic nitrogens is 3. The van der Waals surface area contributed by atoms with Gasteiger partial charge in [-0.3, -0.25) is 14.7 Å². The number of carbonyl (C=O) groups excluding carboxylic acids is 2. The highest BCUT2D eigenvalue weighted by Crippen LogP contribution is 2.31. The molecule has 1 amide bonds. The van der Waals surface area contributed by atoms with E-state index in [4.69, 9.17) is 16.3 Å². The molecule has 38 heavy (non-hydrogen) atoms. The van der Waals surface area contributed by atoms with Gasteiger partial charge in [0.2, 0.25) is 0 Å². The molecule has 2 heterocycles. The molecule has 10 heteroatoms. The molecule has 1 aliphatic rings. The maximum Gasteiger partial charge on any atom is 0.310 e. The Morgan fingerprint density at radius 1 is 1.21 bits per heavy atom. The van der Waals surface area contributed by atoms with Crippen LogP contribution in [0.2, 0.25) is 5.02 Å². The summed E-state index contributed by atoms with van der Waals surface area (Å²) >= 11 is 6.06. The van der Waals surface area contributed by atoms with Crippen molar-refractivity contribution in [1.82, 2.24) is 25.6 Å².